The first kappa shape index (κ1) is 95.6. The van der Waals surface area contributed by atoms with Crippen LogP contribution in [0.25, 0.3) is 0 Å². The SMILES string of the molecule is CCC[Si]1(C)O[Si](C)(C)O[Si](C)(CCCOCC2CO2)O[Si](C)(CCCOCC2CO2)O1.C[Si]1(C)O[Si](C)(CCCOCC2CO2)O[Si](C)(CCCOCC2CO2)O[Si](C)(CCCOCC2CO2)O1.C[Si]1(CCCOCC2CO2)O[Si](C)(CCCOCC2CO2)O[Si](C)(CCOCC2CO2)O[Si](C)(CCCOCC2CO2)O1. The first-order valence-electron chi connectivity index (χ1n) is 42.4. The molecule has 112 heavy (non-hydrogen) atoms. The molecule has 0 saturated carbocycles. The van der Waals surface area contributed by atoms with E-state index in [9.17, 15) is 0 Å². The van der Waals surface area contributed by atoms with Gasteiger partial charge in [0.15, 0.2) is 0 Å². The topological polar surface area (TPSA) is 307 Å². The lowest BCUT2D eigenvalue weighted by Gasteiger charge is -2.50. The van der Waals surface area contributed by atoms with E-state index < -0.39 is 103 Å². The Labute approximate surface area is 683 Å². The zero-order valence-electron chi connectivity index (χ0n) is 71.0. The van der Waals surface area contributed by atoms with Crippen molar-refractivity contribution < 1.29 is 135 Å². The molecule has 16 atom stereocenters. The molecule has 0 bridgehead atoms. The maximum atomic E-state index is 7.21. The maximum Gasteiger partial charge on any atom is 0.319 e. The van der Waals surface area contributed by atoms with Crippen LogP contribution in [0.5, 0.6) is 0 Å². The second-order valence-corrected chi connectivity index (χ2v) is 78.0. The molecule has 42 heteroatoms. The van der Waals surface area contributed by atoms with Crippen LogP contribution in [0.3, 0.4) is 0 Å². The Morgan fingerprint density at radius 2 is 0.321 bits per heavy atom. The third-order valence-electron chi connectivity index (χ3n) is 20.4. The van der Waals surface area contributed by atoms with Crippen molar-refractivity contribution in [1.29, 1.82) is 0 Å². The summed E-state index contributed by atoms with van der Waals surface area (Å²) in [5.41, 5.74) is 0. The van der Waals surface area contributed by atoms with Crippen molar-refractivity contribution in [2.45, 2.75) is 272 Å². The molecule has 0 aliphatic carbocycles. The molecule has 12 rings (SSSR count). The Bertz CT molecular complexity index is 2620. The van der Waals surface area contributed by atoms with E-state index in [1.807, 2.05) is 0 Å². The summed E-state index contributed by atoms with van der Waals surface area (Å²) in [5, 5.41) is 0. The second kappa shape index (κ2) is 44.8. The molecule has 0 radical (unpaired) electrons. The predicted molar refractivity (Wildman–Crippen MR) is 444 cm³/mol. The molecule has 12 saturated heterocycles. The van der Waals surface area contributed by atoms with E-state index in [1.54, 1.807) is 0 Å². The average Bonchev–Trinajstić information content (AvgIpc) is 1.70. The van der Waals surface area contributed by atoms with E-state index in [0.29, 0.717) is 131 Å². The zero-order valence-corrected chi connectivity index (χ0v) is 83.0. The average molecular weight is 1800 g/mol. The van der Waals surface area contributed by atoms with Gasteiger partial charge in [0, 0.05) is 65.5 Å². The van der Waals surface area contributed by atoms with Gasteiger partial charge in [-0.15, -0.1) is 0 Å². The Kier molecular flexibility index (Phi) is 38.3. The van der Waals surface area contributed by atoms with Gasteiger partial charge in [0.1, 0.15) is 54.9 Å². The first-order chi connectivity index (χ1) is 53.3. The number of epoxide rings is 9. The Morgan fingerprint density at radius 1 is 0.188 bits per heavy atom. The molecule has 12 aliphatic rings. The highest BCUT2D eigenvalue weighted by Crippen LogP contribution is 2.42. The molecular weight excluding hydrogens is 1660 g/mol. The second-order valence-electron chi connectivity index (χ2n) is 35.0. The van der Waals surface area contributed by atoms with Crippen molar-refractivity contribution in [2.75, 3.05) is 178 Å². The van der Waals surface area contributed by atoms with Gasteiger partial charge in [-0.25, -0.2) is 0 Å². The molecule has 16 unspecified atom stereocenters. The quantitative estimate of drug-likeness (QED) is 0.0310. The van der Waals surface area contributed by atoms with Gasteiger partial charge in [-0.1, -0.05) is 13.3 Å². The van der Waals surface area contributed by atoms with Crippen molar-refractivity contribution in [2.24, 2.45) is 0 Å². The third-order valence-corrected chi connectivity index (χ3v) is 75.4. The molecule has 0 aromatic carbocycles. The number of ether oxygens (including phenoxy) is 18. The van der Waals surface area contributed by atoms with Crippen LogP contribution in [-0.2, 0) is 135 Å². The summed E-state index contributed by atoms with van der Waals surface area (Å²) in [5.74, 6) is 0. The standard InChI is InChI=1S/C27H54O12Si4.C23H48O10Si4.C20H44O8Si4/c1-40(12-5-8-28-16-24-20-32-24)36-41(2,13-6-9-29-17-25-21-33-25)38-43(4,15-11-31-19-27-23-35-27)39-42(3,37-40)14-7-10-30-18-26-22-34-26;1-34(2)30-35(3,12-6-9-24-15-21-18-27-21)32-37(5,14-8-11-26-17-23-20-29-23)33-36(4,31-34)13-7-10-25-16-22-19-28-22;1-7-12-30(4)25-29(2,3)26-31(5,13-8-10-21-15-19-17-23-19)28-32(6,27-30)14-9-11-22-16-20-18-24-20/h24-27H,5-23H2,1-4H3;21-23H,6-20H2,1-5H3;19-20H,7-18H2,1-6H3. The Hall–Kier alpha value is 1.40. The Balaban J connectivity index is 0.000000180. The van der Waals surface area contributed by atoms with Gasteiger partial charge in [0.2, 0.25) is 0 Å². The molecule has 12 heterocycles. The molecule has 0 aromatic rings. The van der Waals surface area contributed by atoms with Crippen molar-refractivity contribution in [3.05, 3.63) is 0 Å². The van der Waals surface area contributed by atoms with E-state index in [-0.39, 0.29) is 42.7 Å². The summed E-state index contributed by atoms with van der Waals surface area (Å²) >= 11 is 0. The Morgan fingerprint density at radius 3 is 0.473 bits per heavy atom. The molecule has 30 nitrogen and oxygen atoms in total. The summed E-state index contributed by atoms with van der Waals surface area (Å²) in [4.78, 5) is 0. The normalized spacial score (nSPS) is 39.3. The fourth-order valence-corrected chi connectivity index (χ4v) is 83.3. The van der Waals surface area contributed by atoms with Crippen molar-refractivity contribution in [3.8, 4) is 0 Å². The molecule has 12 fully saturated rings. The van der Waals surface area contributed by atoms with Crippen LogP contribution in [0, 0.1) is 0 Å². The van der Waals surface area contributed by atoms with Crippen LogP contribution in [-0.4, -0.2) is 336 Å². The minimum atomic E-state index is -2.74. The van der Waals surface area contributed by atoms with Crippen LogP contribution in [0.4, 0.5) is 0 Å². The minimum Gasteiger partial charge on any atom is -0.416 e. The van der Waals surface area contributed by atoms with Gasteiger partial charge >= 0.3 is 103 Å². The molecule has 0 aromatic heterocycles. The summed E-state index contributed by atoms with van der Waals surface area (Å²) in [6.07, 6.45) is 10.6. The van der Waals surface area contributed by atoms with E-state index in [4.69, 9.17) is 135 Å². The summed E-state index contributed by atoms with van der Waals surface area (Å²) in [6.45, 7) is 52.0. The summed E-state index contributed by atoms with van der Waals surface area (Å²) in [6, 6.07) is 8.47. The number of rotatable bonds is 55. The maximum absolute atomic E-state index is 7.21. The third kappa shape index (κ3) is 39.9. The van der Waals surface area contributed by atoms with Gasteiger partial charge in [-0.2, -0.15) is 0 Å². The highest BCUT2D eigenvalue weighted by molar-refractivity contribution is 6.96. The van der Waals surface area contributed by atoms with Crippen molar-refractivity contribution in [1.82, 2.24) is 0 Å². The lowest BCUT2D eigenvalue weighted by molar-refractivity contribution is 0.111. The van der Waals surface area contributed by atoms with Gasteiger partial charge in [-0.05, 0) is 197 Å². The van der Waals surface area contributed by atoms with Gasteiger partial charge in [0.05, 0.1) is 119 Å². The zero-order chi connectivity index (χ0) is 79.9. The summed E-state index contributed by atoms with van der Waals surface area (Å²) < 4.78 is 184. The number of hydrogen-bond acceptors (Lipinski definition) is 30. The van der Waals surface area contributed by atoms with Crippen LogP contribution >= 0.6 is 0 Å². The first-order valence-corrected chi connectivity index (χ1v) is 73.3. The van der Waals surface area contributed by atoms with E-state index in [2.05, 4.69) is 98.6 Å². The smallest absolute Gasteiger partial charge is 0.319 e. The molecule has 0 N–H and O–H groups in total. The van der Waals surface area contributed by atoms with Crippen LogP contribution in [0.1, 0.15) is 64.7 Å². The fraction of sp³-hybridized carbons (Fsp3) is 1.00. The van der Waals surface area contributed by atoms with Gasteiger partial charge in [-0.3, -0.25) is 0 Å². The molecule has 12 aliphatic heterocycles. The largest absolute Gasteiger partial charge is 0.416 e. The molecule has 654 valence electrons. The van der Waals surface area contributed by atoms with Crippen LogP contribution < -0.4 is 0 Å². The van der Waals surface area contributed by atoms with E-state index in [0.717, 1.165) is 178 Å². The molecular formula is C70H146O30Si12. The van der Waals surface area contributed by atoms with Gasteiger partial charge < -0.3 is 135 Å². The monoisotopic (exact) mass is 1800 g/mol. The highest BCUT2D eigenvalue weighted by atomic mass is 28.5. The molecule has 0 amide bonds. The van der Waals surface area contributed by atoms with Crippen LogP contribution in [0.2, 0.25) is 152 Å². The van der Waals surface area contributed by atoms with E-state index in [1.165, 1.54) is 0 Å². The minimum absolute atomic E-state index is 0.231. The van der Waals surface area contributed by atoms with E-state index >= 15 is 0 Å². The highest BCUT2D eigenvalue weighted by Gasteiger charge is 2.59. The van der Waals surface area contributed by atoms with Crippen molar-refractivity contribution >= 4 is 103 Å². The lowest BCUT2D eigenvalue weighted by atomic mass is 10.5. The van der Waals surface area contributed by atoms with Gasteiger partial charge in [0.25, 0.3) is 0 Å². The lowest BCUT2D eigenvalue weighted by Crippen LogP contribution is -2.67. The predicted octanol–water partition coefficient (Wildman–Crippen LogP) is 10.6. The summed E-state index contributed by atoms with van der Waals surface area (Å²) in [7, 11) is -30.8. The van der Waals surface area contributed by atoms with Crippen LogP contribution in [0.15, 0.2) is 0 Å². The fourth-order valence-electron chi connectivity index (χ4n) is 15.1. The number of hydrogen-bond donors (Lipinski definition) is 0. The molecule has 0 spiro atoms. The van der Waals surface area contributed by atoms with Crippen molar-refractivity contribution in [3.63, 3.8) is 0 Å².